The molecule has 14 nitrogen and oxygen atoms in total. The largest absolute Gasteiger partial charge is 0.480 e. The van der Waals surface area contributed by atoms with E-state index in [1.807, 2.05) is 0 Å². The van der Waals surface area contributed by atoms with Crippen molar-refractivity contribution in [3.05, 3.63) is 85.1 Å². The van der Waals surface area contributed by atoms with Crippen LogP contribution in [0.2, 0.25) is 0 Å². The minimum atomic E-state index is -4.82. The van der Waals surface area contributed by atoms with E-state index in [1.165, 1.54) is 6.08 Å². The number of rotatable bonds is 37. The number of esters is 2. The highest BCUT2D eigenvalue weighted by molar-refractivity contribution is 7.47. The van der Waals surface area contributed by atoms with E-state index in [2.05, 4.69) is 54.8 Å². The number of hydrogen-bond donors (Lipinski definition) is 6. The van der Waals surface area contributed by atoms with Gasteiger partial charge in [-0.1, -0.05) is 137 Å². The number of phosphoric acid groups is 1. The van der Waals surface area contributed by atoms with Crippen molar-refractivity contribution >= 4 is 25.7 Å². The minimum absolute atomic E-state index is 0.0427. The van der Waals surface area contributed by atoms with Gasteiger partial charge in [-0.25, -0.2) is 4.57 Å². The maximum absolute atomic E-state index is 12.6. The SMILES string of the molecule is CC/C=C\C/C=C\C/C=C\CCCCCCCC(=O)OC[C@H](COP(=O)(O)OC[C@H](N)C(=O)O)OC(=O)CCC[C@H](O)[C@@H](O)/C=C/C=C/C=C\C=C\[C@@H](O)CCCCC. The van der Waals surface area contributed by atoms with Crippen LogP contribution in [-0.4, -0.2) is 93.5 Å². The summed E-state index contributed by atoms with van der Waals surface area (Å²) in [6.45, 7) is 2.19. The second-order valence-electron chi connectivity index (χ2n) is 14.0. The molecule has 1 unspecified atom stereocenters. The molecule has 0 fully saturated rings. The predicted octanol–water partition coefficient (Wildman–Crippen LogP) is 7.63. The number of phosphoric ester groups is 1. The van der Waals surface area contributed by atoms with Crippen molar-refractivity contribution in [1.29, 1.82) is 0 Å². The van der Waals surface area contributed by atoms with Crippen LogP contribution in [-0.2, 0) is 37.5 Å². The van der Waals surface area contributed by atoms with Crippen LogP contribution in [0.5, 0.6) is 0 Å². The van der Waals surface area contributed by atoms with E-state index in [4.69, 9.17) is 24.8 Å². The lowest BCUT2D eigenvalue weighted by atomic mass is 10.1. The number of carbonyl (C=O) groups excluding carboxylic acids is 2. The van der Waals surface area contributed by atoms with Crippen LogP contribution in [0.1, 0.15) is 123 Å². The van der Waals surface area contributed by atoms with Crippen LogP contribution in [0, 0.1) is 0 Å². The van der Waals surface area contributed by atoms with Crippen molar-refractivity contribution in [3.63, 3.8) is 0 Å². The van der Waals surface area contributed by atoms with Gasteiger partial charge in [-0.3, -0.25) is 23.4 Å². The zero-order chi connectivity index (χ0) is 44.0. The Morgan fingerprint density at radius 3 is 1.93 bits per heavy atom. The number of aliphatic hydroxyl groups excluding tert-OH is 3. The Bertz CT molecular complexity index is 1370. The molecule has 0 saturated carbocycles. The summed E-state index contributed by atoms with van der Waals surface area (Å²) in [6.07, 6.45) is 34.5. The van der Waals surface area contributed by atoms with Gasteiger partial charge in [0.15, 0.2) is 6.10 Å². The molecule has 0 bridgehead atoms. The maximum Gasteiger partial charge on any atom is 0.472 e. The van der Waals surface area contributed by atoms with Crippen LogP contribution in [0.25, 0.3) is 0 Å². The second kappa shape index (κ2) is 37.5. The smallest absolute Gasteiger partial charge is 0.472 e. The van der Waals surface area contributed by atoms with Crippen molar-refractivity contribution < 1.29 is 62.8 Å². The number of carboxylic acids is 1. The fraction of sp³-hybridized carbons (Fsp3) is 0.614. The third-order valence-electron chi connectivity index (χ3n) is 8.49. The van der Waals surface area contributed by atoms with Gasteiger partial charge in [0, 0.05) is 12.8 Å². The molecule has 0 radical (unpaired) electrons. The van der Waals surface area contributed by atoms with Gasteiger partial charge in [0.25, 0.3) is 0 Å². The highest BCUT2D eigenvalue weighted by atomic mass is 31.2. The highest BCUT2D eigenvalue weighted by Gasteiger charge is 2.28. The van der Waals surface area contributed by atoms with Crippen molar-refractivity contribution in [2.75, 3.05) is 19.8 Å². The zero-order valence-corrected chi connectivity index (χ0v) is 36.0. The standard InChI is InChI=1S/C44H72NO13P/c1-3-5-7-8-9-10-11-12-13-14-15-16-17-22-26-32-42(49)55-34-38(35-56-59(53,54)57-36-39(45)44(51)52)58-43(50)33-27-31-41(48)40(47)30-25-21-19-18-20-24-29-37(46)28-23-6-4-2/h5,7,9-10,12-13,18-21,24-25,29-30,37-41,46-48H,3-4,6,8,11,14-17,22-23,26-28,31-36,45H2,1-2H3,(H,51,52)(H,53,54)/b7-5-,10-9-,13-12-,20-18-,21-19+,29-24+,30-25+/t37-,38+,39-,40-,41-/m0/s1. The van der Waals surface area contributed by atoms with Crippen LogP contribution < -0.4 is 5.73 Å². The van der Waals surface area contributed by atoms with E-state index in [9.17, 15) is 39.2 Å². The van der Waals surface area contributed by atoms with Gasteiger partial charge in [-0.05, 0) is 57.8 Å². The average molecular weight is 854 g/mol. The first-order valence-corrected chi connectivity index (χ1v) is 22.4. The summed E-state index contributed by atoms with van der Waals surface area (Å²) < 4.78 is 32.4. The number of unbranched alkanes of at least 4 members (excludes halogenated alkanes) is 7. The van der Waals surface area contributed by atoms with Crippen LogP contribution in [0.3, 0.4) is 0 Å². The summed E-state index contributed by atoms with van der Waals surface area (Å²) in [5.74, 6) is -2.79. The van der Waals surface area contributed by atoms with E-state index in [-0.39, 0.29) is 25.7 Å². The van der Waals surface area contributed by atoms with Gasteiger partial charge in [0.05, 0.1) is 31.5 Å². The first-order valence-electron chi connectivity index (χ1n) is 20.9. The first-order chi connectivity index (χ1) is 28.3. The molecule has 0 aromatic rings. The highest BCUT2D eigenvalue weighted by Crippen LogP contribution is 2.43. The van der Waals surface area contributed by atoms with Gasteiger partial charge in [-0.15, -0.1) is 0 Å². The third kappa shape index (κ3) is 36.1. The van der Waals surface area contributed by atoms with Gasteiger partial charge in [0.1, 0.15) is 12.6 Å². The van der Waals surface area contributed by atoms with E-state index >= 15 is 0 Å². The minimum Gasteiger partial charge on any atom is -0.480 e. The Labute approximate surface area is 351 Å². The van der Waals surface area contributed by atoms with E-state index < -0.39 is 76.0 Å². The molecular formula is C44H72NO13P. The van der Waals surface area contributed by atoms with E-state index in [0.717, 1.165) is 77.0 Å². The first kappa shape index (κ1) is 55.5. The molecule has 0 saturated heterocycles. The molecule has 0 aliphatic rings. The lowest BCUT2D eigenvalue weighted by Gasteiger charge is -2.20. The third-order valence-corrected chi connectivity index (χ3v) is 9.44. The van der Waals surface area contributed by atoms with Crippen molar-refractivity contribution in [1.82, 2.24) is 0 Å². The second-order valence-corrected chi connectivity index (χ2v) is 15.4. The zero-order valence-electron chi connectivity index (χ0n) is 35.1. The number of nitrogens with two attached hydrogens (primary N) is 1. The summed E-state index contributed by atoms with van der Waals surface area (Å²) in [5, 5.41) is 39.4. The lowest BCUT2D eigenvalue weighted by Crippen LogP contribution is -2.34. The maximum atomic E-state index is 12.6. The molecule has 0 aromatic heterocycles. The van der Waals surface area contributed by atoms with Gasteiger partial charge >= 0.3 is 25.7 Å². The van der Waals surface area contributed by atoms with Crippen LogP contribution in [0.4, 0.5) is 0 Å². The number of carbonyl (C=O) groups is 3. The molecule has 336 valence electrons. The predicted molar refractivity (Wildman–Crippen MR) is 230 cm³/mol. The summed E-state index contributed by atoms with van der Waals surface area (Å²) in [4.78, 5) is 46.0. The van der Waals surface area contributed by atoms with Gasteiger partial charge in [0.2, 0.25) is 0 Å². The molecule has 15 heteroatoms. The van der Waals surface area contributed by atoms with E-state index in [1.54, 1.807) is 42.5 Å². The Morgan fingerprint density at radius 1 is 0.661 bits per heavy atom. The number of ether oxygens (including phenoxy) is 2. The molecule has 0 spiro atoms. The average Bonchev–Trinajstić information content (AvgIpc) is 3.20. The normalized spacial score (nSPS) is 16.2. The topological polar surface area (TPSA) is 232 Å². The molecule has 0 heterocycles. The van der Waals surface area contributed by atoms with Gasteiger partial charge in [-0.2, -0.15) is 0 Å². The van der Waals surface area contributed by atoms with Gasteiger partial charge < -0.3 is 40.5 Å². The Kier molecular flexibility index (Phi) is 35.3. The summed E-state index contributed by atoms with van der Waals surface area (Å²) in [5.41, 5.74) is 5.30. The van der Waals surface area contributed by atoms with Crippen molar-refractivity contribution in [2.24, 2.45) is 5.73 Å². The summed E-state index contributed by atoms with van der Waals surface area (Å²) in [6, 6.07) is -1.59. The molecular weight excluding hydrogens is 781 g/mol. The number of hydrogen-bond acceptors (Lipinski definition) is 12. The fourth-order valence-electron chi connectivity index (χ4n) is 5.05. The van der Waals surface area contributed by atoms with E-state index in [0.29, 0.717) is 6.42 Å². The Hall–Kier alpha value is -3.46. The number of aliphatic carboxylic acids is 1. The number of allylic oxidation sites excluding steroid dienone is 12. The summed E-state index contributed by atoms with van der Waals surface area (Å²) in [7, 11) is -4.82. The molecule has 0 amide bonds. The monoisotopic (exact) mass is 853 g/mol. The molecule has 7 N–H and O–H groups in total. The fourth-order valence-corrected chi connectivity index (χ4v) is 5.83. The van der Waals surface area contributed by atoms with Crippen LogP contribution >= 0.6 is 7.82 Å². The Morgan fingerprint density at radius 2 is 1.25 bits per heavy atom. The molecule has 59 heavy (non-hydrogen) atoms. The molecule has 0 aliphatic heterocycles. The molecule has 0 rings (SSSR count). The van der Waals surface area contributed by atoms with Crippen molar-refractivity contribution in [2.45, 2.75) is 153 Å². The molecule has 6 atom stereocenters. The van der Waals surface area contributed by atoms with Crippen molar-refractivity contribution in [3.8, 4) is 0 Å². The molecule has 0 aliphatic carbocycles. The van der Waals surface area contributed by atoms with Crippen LogP contribution in [0.15, 0.2) is 85.1 Å². The lowest BCUT2D eigenvalue weighted by molar-refractivity contribution is -0.161. The number of carboxylic acid groups (broad SMARTS) is 1. The Balaban J connectivity index is 4.78. The summed E-state index contributed by atoms with van der Waals surface area (Å²) >= 11 is 0. The molecule has 0 aromatic carbocycles. The number of aliphatic hydroxyl groups is 3. The quantitative estimate of drug-likeness (QED) is 0.0116.